The molecule has 1 N–H and O–H groups in total. The van der Waals surface area contributed by atoms with Gasteiger partial charge in [-0.1, -0.05) is 0 Å². The second kappa shape index (κ2) is 7.60. The molecule has 0 aromatic heterocycles. The second-order valence-corrected chi connectivity index (χ2v) is 3.99. The van der Waals surface area contributed by atoms with Crippen LogP contribution in [-0.4, -0.2) is 63.9 Å². The molecular formula is C11H22N2O3. The van der Waals surface area contributed by atoms with Crippen LogP contribution in [0.4, 0.5) is 0 Å². The maximum atomic E-state index is 11.8. The monoisotopic (exact) mass is 230 g/mol. The molecule has 1 aliphatic rings. The van der Waals surface area contributed by atoms with Crippen molar-refractivity contribution < 1.29 is 14.3 Å². The smallest absolute Gasteiger partial charge is 0.222 e. The Kier molecular flexibility index (Phi) is 6.37. The van der Waals surface area contributed by atoms with Crippen LogP contribution < -0.4 is 5.32 Å². The van der Waals surface area contributed by atoms with Crippen LogP contribution >= 0.6 is 0 Å². The summed E-state index contributed by atoms with van der Waals surface area (Å²) in [5, 5.41) is 3.07. The third kappa shape index (κ3) is 4.47. The van der Waals surface area contributed by atoms with Gasteiger partial charge < -0.3 is 19.7 Å². The summed E-state index contributed by atoms with van der Waals surface area (Å²) >= 11 is 0. The molecule has 94 valence electrons. The van der Waals surface area contributed by atoms with E-state index in [2.05, 4.69) is 5.32 Å². The van der Waals surface area contributed by atoms with Gasteiger partial charge in [0.15, 0.2) is 0 Å². The number of rotatable bonds is 6. The number of ether oxygens (including phenoxy) is 2. The van der Waals surface area contributed by atoms with Crippen molar-refractivity contribution in [1.82, 2.24) is 10.2 Å². The van der Waals surface area contributed by atoms with E-state index in [-0.39, 0.29) is 12.0 Å². The molecule has 0 aliphatic carbocycles. The Labute approximate surface area is 97.1 Å². The van der Waals surface area contributed by atoms with Crippen molar-refractivity contribution in [3.8, 4) is 0 Å². The zero-order valence-electron chi connectivity index (χ0n) is 10.2. The lowest BCUT2D eigenvalue weighted by Crippen LogP contribution is -2.48. The maximum Gasteiger partial charge on any atom is 0.222 e. The minimum atomic E-state index is 0.130. The SMILES string of the molecule is CNCC1CN(C(=O)CCCOC)CCO1. The summed E-state index contributed by atoms with van der Waals surface area (Å²) in [6.45, 7) is 3.50. The average Bonchev–Trinajstić information content (AvgIpc) is 2.30. The highest BCUT2D eigenvalue weighted by atomic mass is 16.5. The molecule has 5 nitrogen and oxygen atoms in total. The Bertz CT molecular complexity index is 209. The van der Waals surface area contributed by atoms with Crippen LogP contribution in [0.5, 0.6) is 0 Å². The average molecular weight is 230 g/mol. The molecule has 1 heterocycles. The van der Waals surface area contributed by atoms with Gasteiger partial charge in [-0.2, -0.15) is 0 Å². The first-order valence-electron chi connectivity index (χ1n) is 5.81. The topological polar surface area (TPSA) is 50.8 Å². The van der Waals surface area contributed by atoms with Crippen LogP contribution in [0, 0.1) is 0 Å². The van der Waals surface area contributed by atoms with Gasteiger partial charge in [-0.15, -0.1) is 0 Å². The minimum absolute atomic E-state index is 0.130. The van der Waals surface area contributed by atoms with Gasteiger partial charge >= 0.3 is 0 Å². The molecule has 0 radical (unpaired) electrons. The Morgan fingerprint density at radius 3 is 3.12 bits per heavy atom. The van der Waals surface area contributed by atoms with E-state index in [1.807, 2.05) is 11.9 Å². The highest BCUT2D eigenvalue weighted by Gasteiger charge is 2.23. The van der Waals surface area contributed by atoms with E-state index in [1.165, 1.54) is 0 Å². The molecule has 1 aliphatic heterocycles. The zero-order chi connectivity index (χ0) is 11.8. The first kappa shape index (κ1) is 13.4. The molecule has 1 atom stereocenters. The van der Waals surface area contributed by atoms with Gasteiger partial charge in [0.1, 0.15) is 0 Å². The highest BCUT2D eigenvalue weighted by molar-refractivity contribution is 5.76. The minimum Gasteiger partial charge on any atom is -0.385 e. The van der Waals surface area contributed by atoms with Crippen molar-refractivity contribution in [2.45, 2.75) is 18.9 Å². The van der Waals surface area contributed by atoms with E-state index in [4.69, 9.17) is 9.47 Å². The predicted octanol–water partition coefficient (Wildman–Crippen LogP) is -0.140. The maximum absolute atomic E-state index is 11.8. The number of hydrogen-bond acceptors (Lipinski definition) is 4. The van der Waals surface area contributed by atoms with Crippen molar-refractivity contribution in [3.05, 3.63) is 0 Å². The summed E-state index contributed by atoms with van der Waals surface area (Å²) in [4.78, 5) is 13.7. The Balaban J connectivity index is 2.26. The largest absolute Gasteiger partial charge is 0.385 e. The number of methoxy groups -OCH3 is 1. The van der Waals surface area contributed by atoms with Crippen molar-refractivity contribution in [1.29, 1.82) is 0 Å². The summed E-state index contributed by atoms with van der Waals surface area (Å²) in [6.07, 6.45) is 1.49. The van der Waals surface area contributed by atoms with Crippen LogP contribution in [0.25, 0.3) is 0 Å². The molecular weight excluding hydrogens is 208 g/mol. The lowest BCUT2D eigenvalue weighted by atomic mass is 10.2. The fourth-order valence-electron chi connectivity index (χ4n) is 1.82. The normalized spacial score (nSPS) is 21.1. The first-order valence-corrected chi connectivity index (χ1v) is 5.81. The van der Waals surface area contributed by atoms with E-state index in [0.29, 0.717) is 32.7 Å². The number of nitrogens with one attached hydrogen (secondary N) is 1. The third-order valence-electron chi connectivity index (χ3n) is 2.66. The number of carbonyl (C=O) groups excluding carboxylic acids is 1. The second-order valence-electron chi connectivity index (χ2n) is 3.99. The summed E-state index contributed by atoms with van der Waals surface area (Å²) in [5.41, 5.74) is 0. The Morgan fingerprint density at radius 1 is 1.62 bits per heavy atom. The molecule has 0 saturated carbocycles. The lowest BCUT2D eigenvalue weighted by Gasteiger charge is -2.33. The van der Waals surface area contributed by atoms with E-state index in [0.717, 1.165) is 13.0 Å². The number of likely N-dealkylation sites (N-methyl/N-ethyl adjacent to an activating group) is 1. The van der Waals surface area contributed by atoms with E-state index < -0.39 is 0 Å². The fourth-order valence-corrected chi connectivity index (χ4v) is 1.82. The van der Waals surface area contributed by atoms with Crippen LogP contribution in [0.15, 0.2) is 0 Å². The van der Waals surface area contributed by atoms with Gasteiger partial charge in [-0.25, -0.2) is 0 Å². The molecule has 1 fully saturated rings. The zero-order valence-corrected chi connectivity index (χ0v) is 10.2. The fraction of sp³-hybridized carbons (Fsp3) is 0.909. The first-order chi connectivity index (χ1) is 7.77. The Morgan fingerprint density at radius 2 is 2.44 bits per heavy atom. The van der Waals surface area contributed by atoms with E-state index >= 15 is 0 Å². The Hall–Kier alpha value is -0.650. The standard InChI is InChI=1S/C11H22N2O3/c1-12-8-10-9-13(5-7-16-10)11(14)4-3-6-15-2/h10,12H,3-9H2,1-2H3. The van der Waals surface area contributed by atoms with Crippen molar-refractivity contribution in [2.75, 3.05) is 47.0 Å². The highest BCUT2D eigenvalue weighted by Crippen LogP contribution is 2.07. The molecule has 16 heavy (non-hydrogen) atoms. The predicted molar refractivity (Wildman–Crippen MR) is 61.4 cm³/mol. The van der Waals surface area contributed by atoms with Gasteiger partial charge in [0.2, 0.25) is 5.91 Å². The lowest BCUT2D eigenvalue weighted by molar-refractivity contribution is -0.138. The van der Waals surface area contributed by atoms with Crippen molar-refractivity contribution in [3.63, 3.8) is 0 Å². The van der Waals surface area contributed by atoms with E-state index in [9.17, 15) is 4.79 Å². The van der Waals surface area contributed by atoms with Crippen molar-refractivity contribution in [2.24, 2.45) is 0 Å². The summed E-state index contributed by atoms with van der Waals surface area (Å²) in [7, 11) is 3.55. The van der Waals surface area contributed by atoms with Crippen LogP contribution in [0.3, 0.4) is 0 Å². The number of nitrogens with zero attached hydrogens (tertiary/aromatic N) is 1. The van der Waals surface area contributed by atoms with Gasteiger partial charge in [-0.05, 0) is 13.5 Å². The van der Waals surface area contributed by atoms with E-state index in [1.54, 1.807) is 7.11 Å². The van der Waals surface area contributed by atoms with Crippen LogP contribution in [0.2, 0.25) is 0 Å². The van der Waals surface area contributed by atoms with Gasteiger partial charge in [0.05, 0.1) is 12.7 Å². The summed E-state index contributed by atoms with van der Waals surface area (Å²) < 4.78 is 10.5. The molecule has 5 heteroatoms. The van der Waals surface area contributed by atoms with Crippen LogP contribution in [0.1, 0.15) is 12.8 Å². The number of amides is 1. The van der Waals surface area contributed by atoms with Crippen molar-refractivity contribution >= 4 is 5.91 Å². The van der Waals surface area contributed by atoms with Gasteiger partial charge in [0, 0.05) is 39.8 Å². The molecule has 0 spiro atoms. The molecule has 0 bridgehead atoms. The molecule has 1 amide bonds. The number of hydrogen-bond donors (Lipinski definition) is 1. The molecule has 0 aromatic rings. The molecule has 0 aromatic carbocycles. The number of carbonyl (C=O) groups is 1. The summed E-state index contributed by atoms with van der Waals surface area (Å²) in [6, 6.07) is 0. The molecule has 1 saturated heterocycles. The van der Waals surface area contributed by atoms with Crippen LogP contribution in [-0.2, 0) is 14.3 Å². The van der Waals surface area contributed by atoms with Gasteiger partial charge in [0.25, 0.3) is 0 Å². The molecule has 1 rings (SSSR count). The summed E-state index contributed by atoms with van der Waals surface area (Å²) in [5.74, 6) is 0.210. The molecule has 1 unspecified atom stereocenters. The third-order valence-corrected chi connectivity index (χ3v) is 2.66. The quantitative estimate of drug-likeness (QED) is 0.645. The number of morpholine rings is 1. The van der Waals surface area contributed by atoms with Gasteiger partial charge in [-0.3, -0.25) is 4.79 Å².